The molecule has 0 spiro atoms. The van der Waals surface area contributed by atoms with Gasteiger partial charge in [-0.1, -0.05) is 12.1 Å². The predicted molar refractivity (Wildman–Crippen MR) is 96.9 cm³/mol. The van der Waals surface area contributed by atoms with Crippen molar-refractivity contribution in [3.05, 3.63) is 54.1 Å². The van der Waals surface area contributed by atoms with Crippen LogP contribution < -0.4 is 10.6 Å². The maximum Gasteiger partial charge on any atom is 0.253 e. The van der Waals surface area contributed by atoms with Gasteiger partial charge in [0.2, 0.25) is 0 Å². The largest absolute Gasteiger partial charge is 0.381 e. The molecule has 2 saturated heterocycles. The second kappa shape index (κ2) is 7.62. The first-order chi connectivity index (χ1) is 13.1. The second-order valence-electron chi connectivity index (χ2n) is 6.83. The number of carbonyl (C=O) groups excluding carboxylic acids is 1. The highest BCUT2D eigenvalue weighted by Gasteiger charge is 2.43. The van der Waals surface area contributed by atoms with Gasteiger partial charge in [0.15, 0.2) is 0 Å². The lowest BCUT2D eigenvalue weighted by Gasteiger charge is -2.26. The number of anilines is 3. The summed E-state index contributed by atoms with van der Waals surface area (Å²) in [5, 5.41) is 5.78. The number of amides is 1. The summed E-state index contributed by atoms with van der Waals surface area (Å²) in [6.45, 7) is 1.77. The molecule has 2 aromatic carbocycles. The van der Waals surface area contributed by atoms with E-state index in [0.717, 1.165) is 12.5 Å². The minimum atomic E-state index is -0.708. The second-order valence-corrected chi connectivity index (χ2v) is 6.83. The molecule has 3 atom stereocenters. The van der Waals surface area contributed by atoms with E-state index in [1.165, 1.54) is 12.1 Å². The molecule has 142 valence electrons. The highest BCUT2D eigenvalue weighted by Crippen LogP contribution is 2.35. The van der Waals surface area contributed by atoms with Crippen LogP contribution in [-0.2, 0) is 14.3 Å². The van der Waals surface area contributed by atoms with Gasteiger partial charge in [-0.05, 0) is 30.7 Å². The summed E-state index contributed by atoms with van der Waals surface area (Å²) >= 11 is 0. The van der Waals surface area contributed by atoms with Crippen LogP contribution in [0.2, 0.25) is 0 Å². The van der Waals surface area contributed by atoms with Gasteiger partial charge in [-0.15, -0.1) is 0 Å². The van der Waals surface area contributed by atoms with Crippen molar-refractivity contribution in [2.24, 2.45) is 11.8 Å². The van der Waals surface area contributed by atoms with Gasteiger partial charge in [0.1, 0.15) is 17.7 Å². The Morgan fingerprint density at radius 2 is 1.85 bits per heavy atom. The molecule has 0 aromatic heterocycles. The number of halogens is 2. The quantitative estimate of drug-likeness (QED) is 0.857. The number of fused-ring (bicyclic) bond motifs is 1. The molecular weight excluding hydrogens is 354 g/mol. The molecule has 2 N–H and O–H groups in total. The fourth-order valence-electron chi connectivity index (χ4n) is 3.65. The van der Waals surface area contributed by atoms with Crippen molar-refractivity contribution in [2.75, 3.05) is 30.5 Å². The molecule has 2 aliphatic rings. The van der Waals surface area contributed by atoms with Gasteiger partial charge >= 0.3 is 0 Å². The summed E-state index contributed by atoms with van der Waals surface area (Å²) in [5.74, 6) is -1.19. The summed E-state index contributed by atoms with van der Waals surface area (Å²) in [6.07, 6.45) is 0.276. The third kappa shape index (κ3) is 3.79. The van der Waals surface area contributed by atoms with E-state index >= 15 is 0 Å². The molecule has 0 aliphatic carbocycles. The zero-order chi connectivity index (χ0) is 18.8. The lowest BCUT2D eigenvalue weighted by Crippen LogP contribution is -2.37. The summed E-state index contributed by atoms with van der Waals surface area (Å²) in [7, 11) is 0. The highest BCUT2D eigenvalue weighted by molar-refractivity contribution is 5.98. The van der Waals surface area contributed by atoms with Crippen LogP contribution in [0.15, 0.2) is 42.5 Å². The summed E-state index contributed by atoms with van der Waals surface area (Å²) in [6, 6.07) is 10.3. The summed E-state index contributed by atoms with van der Waals surface area (Å²) in [5.41, 5.74) is 1.14. The van der Waals surface area contributed by atoms with E-state index in [-0.39, 0.29) is 23.4 Å². The molecule has 2 aliphatic heterocycles. The fraction of sp³-hybridized carbons (Fsp3) is 0.350. The van der Waals surface area contributed by atoms with Gasteiger partial charge in [0, 0.05) is 24.5 Å². The Balaban J connectivity index is 1.50. The lowest BCUT2D eigenvalue weighted by molar-refractivity contribution is -0.126. The predicted octanol–water partition coefficient (Wildman–Crippen LogP) is 3.70. The Kier molecular flexibility index (Phi) is 5.05. The van der Waals surface area contributed by atoms with Crippen LogP contribution in [0.4, 0.5) is 25.8 Å². The molecule has 3 unspecified atom stereocenters. The van der Waals surface area contributed by atoms with E-state index in [1.54, 1.807) is 24.3 Å². The molecule has 2 aromatic rings. The van der Waals surface area contributed by atoms with E-state index in [9.17, 15) is 13.6 Å². The third-order valence-electron chi connectivity index (χ3n) is 5.06. The van der Waals surface area contributed by atoms with Crippen molar-refractivity contribution in [3.8, 4) is 0 Å². The Bertz CT molecular complexity index is 846. The molecule has 7 heteroatoms. The SMILES string of the molecule is O=C(Nc1ccccc1Nc1ccc(F)cc1F)C1OCC2COCCC21. The van der Waals surface area contributed by atoms with E-state index < -0.39 is 17.7 Å². The van der Waals surface area contributed by atoms with E-state index in [0.29, 0.717) is 31.2 Å². The molecule has 2 fully saturated rings. The zero-order valence-corrected chi connectivity index (χ0v) is 14.6. The maximum atomic E-state index is 13.9. The third-order valence-corrected chi connectivity index (χ3v) is 5.06. The van der Waals surface area contributed by atoms with Crippen molar-refractivity contribution in [3.63, 3.8) is 0 Å². The first-order valence-corrected chi connectivity index (χ1v) is 8.93. The Labute approximate surface area is 155 Å². The number of benzene rings is 2. The molecule has 27 heavy (non-hydrogen) atoms. The lowest BCUT2D eigenvalue weighted by atomic mass is 9.86. The average Bonchev–Trinajstić information content (AvgIpc) is 3.10. The molecule has 0 radical (unpaired) electrons. The first kappa shape index (κ1) is 17.9. The fourth-order valence-corrected chi connectivity index (χ4v) is 3.65. The van der Waals surface area contributed by atoms with Gasteiger partial charge in [-0.25, -0.2) is 8.78 Å². The molecule has 5 nitrogen and oxygen atoms in total. The van der Waals surface area contributed by atoms with Crippen LogP contribution in [0.25, 0.3) is 0 Å². The Morgan fingerprint density at radius 3 is 2.67 bits per heavy atom. The summed E-state index contributed by atoms with van der Waals surface area (Å²) in [4.78, 5) is 12.8. The van der Waals surface area contributed by atoms with E-state index in [2.05, 4.69) is 10.6 Å². The number of hydrogen-bond acceptors (Lipinski definition) is 4. The van der Waals surface area contributed by atoms with Gasteiger partial charge in [0.25, 0.3) is 5.91 Å². The number of ether oxygens (including phenoxy) is 2. The van der Waals surface area contributed by atoms with Gasteiger partial charge in [-0.2, -0.15) is 0 Å². The summed E-state index contributed by atoms with van der Waals surface area (Å²) < 4.78 is 38.2. The minimum Gasteiger partial charge on any atom is -0.381 e. The number of nitrogens with one attached hydrogen (secondary N) is 2. The van der Waals surface area contributed by atoms with E-state index in [4.69, 9.17) is 9.47 Å². The standard InChI is InChI=1S/C20H20F2N2O3/c21-13-5-6-16(15(22)9-13)23-17-3-1-2-4-18(17)24-20(25)19-14-7-8-26-10-12(14)11-27-19/h1-6,9,12,14,19,23H,7-8,10-11H2,(H,24,25). The van der Waals surface area contributed by atoms with Crippen molar-refractivity contribution in [2.45, 2.75) is 12.5 Å². The Hall–Kier alpha value is -2.51. The van der Waals surface area contributed by atoms with Crippen molar-refractivity contribution in [1.82, 2.24) is 0 Å². The van der Waals surface area contributed by atoms with Gasteiger partial charge in [0.05, 0.1) is 30.3 Å². The average molecular weight is 374 g/mol. The Morgan fingerprint density at radius 1 is 1.04 bits per heavy atom. The smallest absolute Gasteiger partial charge is 0.253 e. The maximum absolute atomic E-state index is 13.9. The molecule has 0 bridgehead atoms. The molecule has 4 rings (SSSR count). The van der Waals surface area contributed by atoms with Crippen LogP contribution in [0, 0.1) is 23.5 Å². The molecule has 2 heterocycles. The number of rotatable bonds is 4. The monoisotopic (exact) mass is 374 g/mol. The van der Waals surface area contributed by atoms with Crippen molar-refractivity contribution >= 4 is 23.0 Å². The highest BCUT2D eigenvalue weighted by atomic mass is 19.1. The molecule has 0 saturated carbocycles. The van der Waals surface area contributed by atoms with Gasteiger partial charge in [-0.3, -0.25) is 4.79 Å². The minimum absolute atomic E-state index is 0.125. The molecular formula is C20H20F2N2O3. The number of carbonyl (C=O) groups is 1. The number of hydrogen-bond donors (Lipinski definition) is 2. The van der Waals surface area contributed by atoms with Crippen LogP contribution >= 0.6 is 0 Å². The van der Waals surface area contributed by atoms with Crippen LogP contribution in [0.3, 0.4) is 0 Å². The van der Waals surface area contributed by atoms with Gasteiger partial charge < -0.3 is 20.1 Å². The number of para-hydroxylation sites is 2. The van der Waals surface area contributed by atoms with Crippen LogP contribution in [-0.4, -0.2) is 31.8 Å². The van der Waals surface area contributed by atoms with Crippen molar-refractivity contribution in [1.29, 1.82) is 0 Å². The van der Waals surface area contributed by atoms with Crippen LogP contribution in [0.5, 0.6) is 0 Å². The van der Waals surface area contributed by atoms with E-state index in [1.807, 2.05) is 0 Å². The molecule has 1 amide bonds. The first-order valence-electron chi connectivity index (χ1n) is 8.93. The van der Waals surface area contributed by atoms with Crippen molar-refractivity contribution < 1.29 is 23.0 Å². The topological polar surface area (TPSA) is 59.6 Å². The van der Waals surface area contributed by atoms with Crippen LogP contribution in [0.1, 0.15) is 6.42 Å². The zero-order valence-electron chi connectivity index (χ0n) is 14.6. The normalized spacial score (nSPS) is 24.3.